The first kappa shape index (κ1) is 18.0. The normalized spacial score (nSPS) is 10.6. The Morgan fingerprint density at radius 3 is 2.69 bits per heavy atom. The molecule has 0 unspecified atom stereocenters. The van der Waals surface area contributed by atoms with Crippen LogP contribution in [-0.2, 0) is 0 Å². The molecule has 2 amide bonds. The van der Waals surface area contributed by atoms with Gasteiger partial charge < -0.3 is 11.1 Å². The van der Waals surface area contributed by atoms with Crippen molar-refractivity contribution in [3.05, 3.63) is 69.4 Å². The fourth-order valence-corrected chi connectivity index (χ4v) is 3.48. The van der Waals surface area contributed by atoms with Crippen molar-refractivity contribution < 1.29 is 14.0 Å². The maximum atomic E-state index is 13.5. The number of aromatic nitrogens is 1. The fourth-order valence-electron chi connectivity index (χ4n) is 2.33. The van der Waals surface area contributed by atoms with Gasteiger partial charge in [-0.05, 0) is 37.3 Å². The Balaban J connectivity index is 1.87. The number of carbonyl (C=O) groups is 2. The van der Waals surface area contributed by atoms with Crippen LogP contribution in [-0.4, -0.2) is 16.8 Å². The fraction of sp³-hybridized carbons (Fsp3) is 0.0556. The number of rotatable bonds is 4. The molecule has 0 fully saturated rings. The van der Waals surface area contributed by atoms with Crippen LogP contribution in [0.2, 0.25) is 5.02 Å². The lowest BCUT2D eigenvalue weighted by molar-refractivity contribution is 0.0993. The third-order valence-corrected chi connectivity index (χ3v) is 5.00. The molecule has 0 aliphatic carbocycles. The number of amides is 2. The maximum absolute atomic E-state index is 13.5. The van der Waals surface area contributed by atoms with Crippen LogP contribution in [0.15, 0.2) is 42.5 Å². The molecule has 0 saturated heterocycles. The van der Waals surface area contributed by atoms with Crippen LogP contribution in [0.1, 0.15) is 25.7 Å². The Morgan fingerprint density at radius 2 is 2.00 bits per heavy atom. The first-order chi connectivity index (χ1) is 12.3. The number of nitrogens with zero attached hydrogens (tertiary/aromatic N) is 1. The van der Waals surface area contributed by atoms with E-state index in [0.29, 0.717) is 20.6 Å². The predicted molar refractivity (Wildman–Crippen MR) is 100 cm³/mol. The summed E-state index contributed by atoms with van der Waals surface area (Å²) < 4.78 is 13.5. The molecule has 3 rings (SSSR count). The standard InChI is InChI=1S/C18H13ClFN3O2S/c1-9-15(26-18(22-9)10-3-2-4-11(19)7-10)17(25)23-12-5-6-14(20)13(8-12)16(21)24/h2-8H,1H3,(H2,21,24)(H,23,25). The van der Waals surface area contributed by atoms with E-state index in [1.165, 1.54) is 23.5 Å². The molecule has 5 nitrogen and oxygen atoms in total. The second-order valence-corrected chi connectivity index (χ2v) is 6.89. The maximum Gasteiger partial charge on any atom is 0.267 e. The molecule has 8 heteroatoms. The van der Waals surface area contributed by atoms with Crippen molar-refractivity contribution >= 4 is 40.4 Å². The second kappa shape index (κ2) is 7.23. The predicted octanol–water partition coefficient (Wildman–Crippen LogP) is 4.26. The largest absolute Gasteiger partial charge is 0.366 e. The van der Waals surface area contributed by atoms with Gasteiger partial charge in [-0.25, -0.2) is 9.37 Å². The number of hydrogen-bond donors (Lipinski definition) is 2. The Morgan fingerprint density at radius 1 is 1.23 bits per heavy atom. The average Bonchev–Trinajstić information content (AvgIpc) is 2.98. The first-order valence-electron chi connectivity index (χ1n) is 7.49. The van der Waals surface area contributed by atoms with E-state index in [9.17, 15) is 14.0 Å². The van der Waals surface area contributed by atoms with Gasteiger partial charge in [-0.15, -0.1) is 11.3 Å². The molecule has 3 aromatic rings. The van der Waals surface area contributed by atoms with E-state index in [-0.39, 0.29) is 11.3 Å². The van der Waals surface area contributed by atoms with Gasteiger partial charge in [0.2, 0.25) is 0 Å². The van der Waals surface area contributed by atoms with E-state index in [2.05, 4.69) is 10.3 Å². The highest BCUT2D eigenvalue weighted by molar-refractivity contribution is 7.17. The lowest BCUT2D eigenvalue weighted by atomic mass is 10.1. The summed E-state index contributed by atoms with van der Waals surface area (Å²) in [6, 6.07) is 10.8. The average molecular weight is 390 g/mol. The summed E-state index contributed by atoms with van der Waals surface area (Å²) >= 11 is 7.21. The molecular formula is C18H13ClFN3O2S. The molecule has 2 aromatic carbocycles. The SMILES string of the molecule is Cc1nc(-c2cccc(Cl)c2)sc1C(=O)Nc1ccc(F)c(C(N)=O)c1. The third kappa shape index (κ3) is 3.74. The number of benzene rings is 2. The number of hydrogen-bond acceptors (Lipinski definition) is 4. The Bertz CT molecular complexity index is 1020. The minimum Gasteiger partial charge on any atom is -0.366 e. The molecule has 0 aliphatic rings. The van der Waals surface area contributed by atoms with E-state index in [4.69, 9.17) is 17.3 Å². The molecule has 0 radical (unpaired) electrons. The van der Waals surface area contributed by atoms with Crippen molar-refractivity contribution in [1.29, 1.82) is 0 Å². The van der Waals surface area contributed by atoms with E-state index < -0.39 is 17.6 Å². The summed E-state index contributed by atoms with van der Waals surface area (Å²) in [5.74, 6) is -2.06. The lowest BCUT2D eigenvalue weighted by Gasteiger charge is -2.06. The van der Waals surface area contributed by atoms with Crippen LogP contribution in [0.3, 0.4) is 0 Å². The number of halogens is 2. The summed E-state index contributed by atoms with van der Waals surface area (Å²) in [4.78, 5) is 28.6. The number of primary amides is 1. The molecule has 26 heavy (non-hydrogen) atoms. The summed E-state index contributed by atoms with van der Waals surface area (Å²) in [5, 5.41) is 3.86. The highest BCUT2D eigenvalue weighted by atomic mass is 35.5. The van der Waals surface area contributed by atoms with Crippen LogP contribution < -0.4 is 11.1 Å². The van der Waals surface area contributed by atoms with Gasteiger partial charge in [0.15, 0.2) is 0 Å². The van der Waals surface area contributed by atoms with Crippen molar-refractivity contribution in [2.45, 2.75) is 6.92 Å². The van der Waals surface area contributed by atoms with E-state index >= 15 is 0 Å². The quantitative estimate of drug-likeness (QED) is 0.699. The van der Waals surface area contributed by atoms with Crippen molar-refractivity contribution in [3.8, 4) is 10.6 Å². The van der Waals surface area contributed by atoms with Gasteiger partial charge >= 0.3 is 0 Å². The molecule has 0 spiro atoms. The highest BCUT2D eigenvalue weighted by Crippen LogP contribution is 2.30. The zero-order valence-electron chi connectivity index (χ0n) is 13.5. The molecule has 0 saturated carbocycles. The Kier molecular flexibility index (Phi) is 5.01. The summed E-state index contributed by atoms with van der Waals surface area (Å²) in [5.41, 5.74) is 6.46. The van der Waals surface area contributed by atoms with Crippen LogP contribution in [0.4, 0.5) is 10.1 Å². The Hall–Kier alpha value is -2.77. The topological polar surface area (TPSA) is 85.1 Å². The molecule has 0 bridgehead atoms. The van der Waals surface area contributed by atoms with Crippen LogP contribution in [0.5, 0.6) is 0 Å². The smallest absolute Gasteiger partial charge is 0.267 e. The zero-order valence-corrected chi connectivity index (χ0v) is 15.1. The summed E-state index contributed by atoms with van der Waals surface area (Å²) in [6.07, 6.45) is 0. The molecule has 0 aliphatic heterocycles. The zero-order chi connectivity index (χ0) is 18.8. The van der Waals surface area contributed by atoms with Crippen LogP contribution in [0.25, 0.3) is 10.6 Å². The molecule has 1 aromatic heterocycles. The lowest BCUT2D eigenvalue weighted by Crippen LogP contribution is -2.15. The summed E-state index contributed by atoms with van der Waals surface area (Å²) in [6.45, 7) is 1.72. The molecule has 3 N–H and O–H groups in total. The molecule has 1 heterocycles. The minimum atomic E-state index is -0.907. The van der Waals surface area contributed by atoms with Crippen molar-refractivity contribution in [3.63, 3.8) is 0 Å². The number of aryl methyl sites for hydroxylation is 1. The highest BCUT2D eigenvalue weighted by Gasteiger charge is 2.18. The molecular weight excluding hydrogens is 377 g/mol. The van der Waals surface area contributed by atoms with Gasteiger partial charge in [-0.3, -0.25) is 9.59 Å². The van der Waals surface area contributed by atoms with Crippen molar-refractivity contribution in [2.24, 2.45) is 5.73 Å². The van der Waals surface area contributed by atoms with Gasteiger partial charge in [0.1, 0.15) is 15.7 Å². The molecule has 132 valence electrons. The number of anilines is 1. The third-order valence-electron chi connectivity index (χ3n) is 3.56. The minimum absolute atomic E-state index is 0.266. The Labute approximate surface area is 157 Å². The van der Waals surface area contributed by atoms with Gasteiger partial charge in [0, 0.05) is 16.3 Å². The number of nitrogens with two attached hydrogens (primary N) is 1. The van der Waals surface area contributed by atoms with Gasteiger partial charge in [-0.1, -0.05) is 23.7 Å². The second-order valence-electron chi connectivity index (χ2n) is 5.46. The van der Waals surface area contributed by atoms with E-state index in [1.54, 1.807) is 25.1 Å². The van der Waals surface area contributed by atoms with Gasteiger partial charge in [0.25, 0.3) is 11.8 Å². The van der Waals surface area contributed by atoms with Crippen LogP contribution in [0, 0.1) is 12.7 Å². The summed E-state index contributed by atoms with van der Waals surface area (Å²) in [7, 11) is 0. The monoisotopic (exact) mass is 389 g/mol. The molecule has 0 atom stereocenters. The van der Waals surface area contributed by atoms with Crippen molar-refractivity contribution in [1.82, 2.24) is 4.98 Å². The van der Waals surface area contributed by atoms with Crippen molar-refractivity contribution in [2.75, 3.05) is 5.32 Å². The first-order valence-corrected chi connectivity index (χ1v) is 8.68. The number of nitrogens with one attached hydrogen (secondary N) is 1. The van der Waals surface area contributed by atoms with Crippen LogP contribution >= 0.6 is 22.9 Å². The van der Waals surface area contributed by atoms with Gasteiger partial charge in [-0.2, -0.15) is 0 Å². The van der Waals surface area contributed by atoms with E-state index in [1.807, 2.05) is 6.07 Å². The van der Waals surface area contributed by atoms with Gasteiger partial charge in [0.05, 0.1) is 11.3 Å². The van der Waals surface area contributed by atoms with E-state index in [0.717, 1.165) is 11.6 Å². The number of thiazole rings is 1. The number of carbonyl (C=O) groups excluding carboxylic acids is 2.